The average molecular weight is 110 g/mol. The van der Waals surface area contributed by atoms with Crippen LogP contribution in [0.25, 0.3) is 0 Å². The van der Waals surface area contributed by atoms with Gasteiger partial charge < -0.3 is 4.74 Å². The molecular formula is C5H6N2O. The lowest BCUT2D eigenvalue weighted by molar-refractivity contribution is 0.0256. The van der Waals surface area contributed by atoms with Crippen molar-refractivity contribution >= 4 is 12.4 Å². The first-order valence-electron chi connectivity index (χ1n) is 2.26. The summed E-state index contributed by atoms with van der Waals surface area (Å²) in [6, 6.07) is 0. The summed E-state index contributed by atoms with van der Waals surface area (Å²) in [6.07, 6.45) is 4.89. The van der Waals surface area contributed by atoms with Crippen molar-refractivity contribution in [3.05, 3.63) is 0 Å². The van der Waals surface area contributed by atoms with Crippen LogP contribution in [0.1, 0.15) is 6.92 Å². The van der Waals surface area contributed by atoms with Crippen molar-refractivity contribution in [1.29, 1.82) is 0 Å². The van der Waals surface area contributed by atoms with Gasteiger partial charge in [0.2, 0.25) is 0 Å². The Morgan fingerprint density at radius 3 is 2.12 bits per heavy atom. The maximum absolute atomic E-state index is 4.84. The molecule has 0 aromatic carbocycles. The van der Waals surface area contributed by atoms with Gasteiger partial charge in [-0.25, -0.2) is 9.98 Å². The maximum Gasteiger partial charge on any atom is 0.254 e. The molecule has 1 rings (SSSR count). The first-order chi connectivity index (χ1) is 3.77. The van der Waals surface area contributed by atoms with Gasteiger partial charge in [0.05, 0.1) is 0 Å². The van der Waals surface area contributed by atoms with E-state index in [4.69, 9.17) is 4.74 Å². The molecule has 1 aliphatic rings. The molecule has 0 amide bonds. The maximum atomic E-state index is 4.84. The predicted octanol–water partition coefficient (Wildman–Crippen LogP) is 0.216. The van der Waals surface area contributed by atoms with Crippen LogP contribution < -0.4 is 0 Å². The first-order valence-corrected chi connectivity index (χ1v) is 2.26. The quantitative estimate of drug-likeness (QED) is 0.475. The van der Waals surface area contributed by atoms with Crippen molar-refractivity contribution in [2.45, 2.75) is 12.8 Å². The summed E-state index contributed by atoms with van der Waals surface area (Å²) in [6.45, 7) is 1.74. The van der Waals surface area contributed by atoms with E-state index in [0.717, 1.165) is 0 Å². The Morgan fingerprint density at radius 1 is 1.38 bits per heavy atom. The standard InChI is InChI=1S/C5H6N2O/c1-5(8-2)6-3-4-7-5/h1-2H3. The van der Waals surface area contributed by atoms with Gasteiger partial charge in [0.25, 0.3) is 5.85 Å². The molecule has 8 heavy (non-hydrogen) atoms. The summed E-state index contributed by atoms with van der Waals surface area (Å²) in [5.41, 5.74) is 0. The van der Waals surface area contributed by atoms with Crippen LogP contribution in [0, 0.1) is 0 Å². The highest BCUT2D eigenvalue weighted by Crippen LogP contribution is 2.13. The van der Waals surface area contributed by atoms with Gasteiger partial charge in [0.15, 0.2) is 0 Å². The second-order valence-electron chi connectivity index (χ2n) is 1.59. The highest BCUT2D eigenvalue weighted by molar-refractivity contribution is 6.17. The van der Waals surface area contributed by atoms with Crippen molar-refractivity contribution in [3.8, 4) is 0 Å². The predicted molar refractivity (Wildman–Crippen MR) is 30.3 cm³/mol. The molecule has 42 valence electrons. The number of rotatable bonds is 1. The molecule has 0 atom stereocenters. The largest absolute Gasteiger partial charge is 0.339 e. The number of aliphatic imine (C=N–C) groups is 2. The SMILES string of the molecule is COC1(C)N=[C][C]=N1. The molecule has 0 aromatic heterocycles. The number of ether oxygens (including phenoxy) is 1. The minimum absolute atomic E-state index is 0.736. The molecule has 1 aliphatic heterocycles. The lowest BCUT2D eigenvalue weighted by Crippen LogP contribution is -2.17. The number of nitrogens with zero attached hydrogens (tertiary/aromatic N) is 2. The number of methoxy groups -OCH3 is 1. The fourth-order valence-corrected chi connectivity index (χ4v) is 0.374. The topological polar surface area (TPSA) is 34.0 Å². The molecule has 0 aromatic rings. The molecule has 0 saturated carbocycles. The first kappa shape index (κ1) is 5.44. The van der Waals surface area contributed by atoms with E-state index in [1.807, 2.05) is 0 Å². The van der Waals surface area contributed by atoms with Gasteiger partial charge in [0.1, 0.15) is 12.4 Å². The van der Waals surface area contributed by atoms with Gasteiger partial charge in [-0.3, -0.25) is 0 Å². The molecule has 0 bridgehead atoms. The van der Waals surface area contributed by atoms with Crippen LogP contribution in [0.15, 0.2) is 9.98 Å². The molecule has 1 heterocycles. The lowest BCUT2D eigenvalue weighted by atomic mass is 10.5. The molecule has 0 aliphatic carbocycles. The van der Waals surface area contributed by atoms with Crippen LogP contribution in [0.5, 0.6) is 0 Å². The van der Waals surface area contributed by atoms with Crippen molar-refractivity contribution in [2.75, 3.05) is 7.11 Å². The highest BCUT2D eigenvalue weighted by Gasteiger charge is 2.21. The van der Waals surface area contributed by atoms with Gasteiger partial charge in [0, 0.05) is 14.0 Å². The van der Waals surface area contributed by atoms with Crippen LogP contribution in [-0.2, 0) is 4.74 Å². The van der Waals surface area contributed by atoms with Crippen LogP contribution in [0.4, 0.5) is 0 Å². The van der Waals surface area contributed by atoms with E-state index in [0.29, 0.717) is 0 Å². The Labute approximate surface area is 48.1 Å². The van der Waals surface area contributed by atoms with Gasteiger partial charge in [-0.15, -0.1) is 0 Å². The molecule has 0 N–H and O–H groups in total. The Bertz CT molecular complexity index is 127. The van der Waals surface area contributed by atoms with Crippen LogP contribution in [0.3, 0.4) is 0 Å². The van der Waals surface area contributed by atoms with E-state index in [-0.39, 0.29) is 0 Å². The summed E-state index contributed by atoms with van der Waals surface area (Å²) < 4.78 is 4.84. The molecule has 0 saturated heterocycles. The fraction of sp³-hybridized carbons (Fsp3) is 0.600. The number of hydrogen-bond donors (Lipinski definition) is 0. The van der Waals surface area contributed by atoms with E-state index in [1.165, 1.54) is 0 Å². The second-order valence-corrected chi connectivity index (χ2v) is 1.59. The van der Waals surface area contributed by atoms with Crippen LogP contribution in [0.2, 0.25) is 0 Å². The highest BCUT2D eigenvalue weighted by atomic mass is 16.5. The zero-order valence-corrected chi connectivity index (χ0v) is 4.80. The van der Waals surface area contributed by atoms with Gasteiger partial charge >= 0.3 is 0 Å². The van der Waals surface area contributed by atoms with E-state index in [1.54, 1.807) is 14.0 Å². The third-order valence-electron chi connectivity index (χ3n) is 0.963. The lowest BCUT2D eigenvalue weighted by Gasteiger charge is -2.12. The van der Waals surface area contributed by atoms with Crippen molar-refractivity contribution in [1.82, 2.24) is 0 Å². The Balaban J connectivity index is 2.69. The van der Waals surface area contributed by atoms with Gasteiger partial charge in [-0.05, 0) is 0 Å². The van der Waals surface area contributed by atoms with E-state index >= 15 is 0 Å². The minimum Gasteiger partial charge on any atom is -0.339 e. The minimum atomic E-state index is -0.736. The molecule has 3 heteroatoms. The van der Waals surface area contributed by atoms with Crippen molar-refractivity contribution in [2.24, 2.45) is 9.98 Å². The molecule has 2 radical (unpaired) electrons. The summed E-state index contributed by atoms with van der Waals surface area (Å²) in [4.78, 5) is 7.47. The van der Waals surface area contributed by atoms with Gasteiger partial charge in [-0.2, -0.15) is 0 Å². The van der Waals surface area contributed by atoms with Crippen LogP contribution in [-0.4, -0.2) is 25.4 Å². The zero-order chi connectivity index (χ0) is 6.04. The summed E-state index contributed by atoms with van der Waals surface area (Å²) in [7, 11) is 1.54. The van der Waals surface area contributed by atoms with Gasteiger partial charge in [-0.1, -0.05) is 0 Å². The van der Waals surface area contributed by atoms with E-state index in [9.17, 15) is 0 Å². The zero-order valence-electron chi connectivity index (χ0n) is 4.80. The number of hydrogen-bond acceptors (Lipinski definition) is 3. The third-order valence-corrected chi connectivity index (χ3v) is 0.963. The molecular weight excluding hydrogens is 104 g/mol. The molecule has 0 unspecified atom stereocenters. The Hall–Kier alpha value is -0.700. The normalized spacial score (nSPS) is 22.2. The van der Waals surface area contributed by atoms with Crippen molar-refractivity contribution in [3.63, 3.8) is 0 Å². The van der Waals surface area contributed by atoms with Crippen LogP contribution >= 0.6 is 0 Å². The van der Waals surface area contributed by atoms with E-state index in [2.05, 4.69) is 22.4 Å². The molecule has 3 nitrogen and oxygen atoms in total. The average Bonchev–Trinajstić information content (AvgIpc) is 2.17. The Morgan fingerprint density at radius 2 is 1.88 bits per heavy atom. The summed E-state index contributed by atoms with van der Waals surface area (Å²) in [5.74, 6) is -0.736. The Kier molecular flexibility index (Phi) is 1.13. The monoisotopic (exact) mass is 110 g/mol. The van der Waals surface area contributed by atoms with Crippen molar-refractivity contribution < 1.29 is 4.74 Å². The smallest absolute Gasteiger partial charge is 0.254 e. The van der Waals surface area contributed by atoms with E-state index < -0.39 is 5.85 Å². The summed E-state index contributed by atoms with van der Waals surface area (Å²) >= 11 is 0. The third kappa shape index (κ3) is 0.767. The molecule has 0 spiro atoms. The fourth-order valence-electron chi connectivity index (χ4n) is 0.374. The second kappa shape index (κ2) is 1.67. The summed E-state index contributed by atoms with van der Waals surface area (Å²) in [5, 5.41) is 0. The molecule has 0 fully saturated rings.